The van der Waals surface area contributed by atoms with Gasteiger partial charge in [0.25, 0.3) is 0 Å². The van der Waals surface area contributed by atoms with E-state index in [0.717, 1.165) is 25.2 Å². The number of nitriles is 1. The van der Waals surface area contributed by atoms with Crippen LogP contribution in [-0.4, -0.2) is 6.61 Å². The lowest BCUT2D eigenvalue weighted by Gasteiger charge is -2.25. The van der Waals surface area contributed by atoms with E-state index in [2.05, 4.69) is 25.1 Å². The molecule has 0 radical (unpaired) electrons. The summed E-state index contributed by atoms with van der Waals surface area (Å²) in [6.45, 7) is 3.04. The largest absolute Gasteiger partial charge is 0.493 e. The molecular weight excluding hydrogens is 210 g/mol. The maximum absolute atomic E-state index is 8.70. The Labute approximate surface area is 103 Å². The van der Waals surface area contributed by atoms with E-state index in [1.54, 1.807) is 12.1 Å². The van der Waals surface area contributed by atoms with Gasteiger partial charge >= 0.3 is 0 Å². The minimum Gasteiger partial charge on any atom is -0.493 e. The van der Waals surface area contributed by atoms with Crippen LogP contribution >= 0.6 is 0 Å². The number of ether oxygens (including phenoxy) is 1. The van der Waals surface area contributed by atoms with Crippen LogP contribution in [0.2, 0.25) is 0 Å². The van der Waals surface area contributed by atoms with Crippen molar-refractivity contribution in [3.8, 4) is 11.8 Å². The highest BCUT2D eigenvalue weighted by Crippen LogP contribution is 2.25. The molecule has 0 fully saturated rings. The lowest BCUT2D eigenvalue weighted by atomic mass is 9.85. The van der Waals surface area contributed by atoms with Gasteiger partial charge in [-0.1, -0.05) is 19.1 Å². The molecule has 1 aliphatic rings. The van der Waals surface area contributed by atoms with E-state index in [1.807, 2.05) is 12.1 Å². The highest BCUT2D eigenvalue weighted by Gasteiger charge is 2.18. The van der Waals surface area contributed by atoms with E-state index in [4.69, 9.17) is 10.00 Å². The summed E-state index contributed by atoms with van der Waals surface area (Å²) in [5.74, 6) is 2.15. The second-order valence-electron chi connectivity index (χ2n) is 4.63. The van der Waals surface area contributed by atoms with Crippen molar-refractivity contribution >= 4 is 0 Å². The van der Waals surface area contributed by atoms with Crippen LogP contribution in [0.5, 0.6) is 5.75 Å². The molecule has 88 valence electrons. The molecule has 0 bridgehead atoms. The first-order chi connectivity index (χ1) is 8.29. The lowest BCUT2D eigenvalue weighted by molar-refractivity contribution is 0.198. The summed E-state index contributed by atoms with van der Waals surface area (Å²) in [6, 6.07) is 9.41. The van der Waals surface area contributed by atoms with Gasteiger partial charge in [0.15, 0.2) is 0 Å². The zero-order valence-electron chi connectivity index (χ0n) is 10.1. The molecule has 17 heavy (non-hydrogen) atoms. The normalized spacial score (nSPS) is 23.1. The smallest absolute Gasteiger partial charge is 0.119 e. The first-order valence-corrected chi connectivity index (χ1v) is 6.07. The van der Waals surface area contributed by atoms with E-state index in [9.17, 15) is 0 Å². The maximum atomic E-state index is 8.70. The van der Waals surface area contributed by atoms with Gasteiger partial charge in [0.05, 0.1) is 18.2 Å². The van der Waals surface area contributed by atoms with Gasteiger partial charge in [-0.05, 0) is 48.9 Å². The molecule has 2 heteroatoms. The minimum absolute atomic E-state index is 0.607. The van der Waals surface area contributed by atoms with E-state index < -0.39 is 0 Å². The standard InChI is InChI=1S/C15H17NO/c1-12-4-2-3-5-14(12)11-17-15-8-6-13(10-16)7-9-15/h2-3,6-9,12,14H,4-5,11H2,1H3. The average molecular weight is 227 g/mol. The summed E-state index contributed by atoms with van der Waals surface area (Å²) >= 11 is 0. The molecule has 0 aliphatic heterocycles. The molecule has 0 heterocycles. The number of rotatable bonds is 3. The Bertz CT molecular complexity index is 427. The van der Waals surface area contributed by atoms with Crippen molar-refractivity contribution in [1.82, 2.24) is 0 Å². The highest BCUT2D eigenvalue weighted by molar-refractivity contribution is 5.34. The van der Waals surface area contributed by atoms with E-state index in [-0.39, 0.29) is 0 Å². The second kappa shape index (κ2) is 5.54. The van der Waals surface area contributed by atoms with E-state index in [0.29, 0.717) is 17.4 Å². The number of nitrogens with zero attached hydrogens (tertiary/aromatic N) is 1. The number of allylic oxidation sites excluding steroid dienone is 2. The third kappa shape index (κ3) is 3.10. The molecule has 1 aromatic rings. The first-order valence-electron chi connectivity index (χ1n) is 6.07. The quantitative estimate of drug-likeness (QED) is 0.740. The molecule has 0 N–H and O–H groups in total. The predicted octanol–water partition coefficient (Wildman–Crippen LogP) is 3.54. The van der Waals surface area contributed by atoms with Crippen molar-refractivity contribution < 1.29 is 4.74 Å². The van der Waals surface area contributed by atoms with Gasteiger partial charge in [-0.25, -0.2) is 0 Å². The molecule has 0 spiro atoms. The molecule has 1 aromatic carbocycles. The summed E-state index contributed by atoms with van der Waals surface area (Å²) < 4.78 is 5.77. The van der Waals surface area contributed by atoms with Crippen LogP contribution in [0.1, 0.15) is 25.3 Å². The van der Waals surface area contributed by atoms with Crippen molar-refractivity contribution in [3.63, 3.8) is 0 Å². The van der Waals surface area contributed by atoms with Crippen LogP contribution in [0.15, 0.2) is 36.4 Å². The lowest BCUT2D eigenvalue weighted by Crippen LogP contribution is -2.21. The average Bonchev–Trinajstić information content (AvgIpc) is 2.38. The predicted molar refractivity (Wildman–Crippen MR) is 67.7 cm³/mol. The summed E-state index contributed by atoms with van der Waals surface area (Å²) in [4.78, 5) is 0. The van der Waals surface area contributed by atoms with Crippen LogP contribution in [0, 0.1) is 23.2 Å². The molecular formula is C15H17NO. The van der Waals surface area contributed by atoms with Crippen LogP contribution in [0.3, 0.4) is 0 Å². The van der Waals surface area contributed by atoms with Crippen LogP contribution in [-0.2, 0) is 0 Å². The summed E-state index contributed by atoms with van der Waals surface area (Å²) in [6.07, 6.45) is 6.76. The van der Waals surface area contributed by atoms with Gasteiger partial charge in [0.1, 0.15) is 5.75 Å². The Morgan fingerprint density at radius 3 is 2.59 bits per heavy atom. The second-order valence-corrected chi connectivity index (χ2v) is 4.63. The first kappa shape index (κ1) is 11.7. The third-order valence-corrected chi connectivity index (χ3v) is 3.37. The molecule has 0 saturated carbocycles. The van der Waals surface area contributed by atoms with Crippen LogP contribution in [0.4, 0.5) is 0 Å². The van der Waals surface area contributed by atoms with Crippen molar-refractivity contribution in [2.75, 3.05) is 6.61 Å². The van der Waals surface area contributed by atoms with Crippen LogP contribution < -0.4 is 4.74 Å². The molecule has 2 unspecified atom stereocenters. The van der Waals surface area contributed by atoms with Gasteiger partial charge < -0.3 is 4.74 Å². The fourth-order valence-electron chi connectivity index (χ4n) is 2.07. The Hall–Kier alpha value is -1.75. The molecule has 2 nitrogen and oxygen atoms in total. The van der Waals surface area contributed by atoms with Gasteiger partial charge in [0, 0.05) is 0 Å². The molecule has 0 amide bonds. The fraction of sp³-hybridized carbons (Fsp3) is 0.400. The molecule has 0 saturated heterocycles. The van der Waals surface area contributed by atoms with Gasteiger partial charge in [-0.2, -0.15) is 5.26 Å². The maximum Gasteiger partial charge on any atom is 0.119 e. The number of hydrogen-bond acceptors (Lipinski definition) is 2. The molecule has 2 atom stereocenters. The summed E-state index contributed by atoms with van der Waals surface area (Å²) in [5.41, 5.74) is 0.673. The van der Waals surface area contributed by atoms with Crippen molar-refractivity contribution in [2.45, 2.75) is 19.8 Å². The number of hydrogen-bond donors (Lipinski definition) is 0. The zero-order valence-corrected chi connectivity index (χ0v) is 10.1. The van der Waals surface area contributed by atoms with Crippen LogP contribution in [0.25, 0.3) is 0 Å². The van der Waals surface area contributed by atoms with Gasteiger partial charge in [-0.15, -0.1) is 0 Å². The Kier molecular flexibility index (Phi) is 3.82. The van der Waals surface area contributed by atoms with Crippen molar-refractivity contribution in [3.05, 3.63) is 42.0 Å². The fourth-order valence-corrected chi connectivity index (χ4v) is 2.07. The van der Waals surface area contributed by atoms with Gasteiger partial charge in [0.2, 0.25) is 0 Å². The van der Waals surface area contributed by atoms with Crippen molar-refractivity contribution in [1.29, 1.82) is 5.26 Å². The SMILES string of the molecule is CC1CC=CCC1COc1ccc(C#N)cc1. The molecule has 2 rings (SSSR count). The summed E-state index contributed by atoms with van der Waals surface area (Å²) in [5, 5.41) is 8.70. The number of benzene rings is 1. The molecule has 0 aromatic heterocycles. The monoisotopic (exact) mass is 227 g/mol. The summed E-state index contributed by atoms with van der Waals surface area (Å²) in [7, 11) is 0. The van der Waals surface area contributed by atoms with Crippen molar-refractivity contribution in [2.24, 2.45) is 11.8 Å². The van der Waals surface area contributed by atoms with Gasteiger partial charge in [-0.3, -0.25) is 0 Å². The van der Waals surface area contributed by atoms with E-state index >= 15 is 0 Å². The zero-order chi connectivity index (χ0) is 12.1. The third-order valence-electron chi connectivity index (χ3n) is 3.37. The molecule has 1 aliphatic carbocycles. The Balaban J connectivity index is 1.89. The highest BCUT2D eigenvalue weighted by atomic mass is 16.5. The Morgan fingerprint density at radius 2 is 1.94 bits per heavy atom. The van der Waals surface area contributed by atoms with E-state index in [1.165, 1.54) is 0 Å². The Morgan fingerprint density at radius 1 is 1.24 bits per heavy atom. The minimum atomic E-state index is 0.607. The topological polar surface area (TPSA) is 33.0 Å².